The maximum atomic E-state index is 5.74. The molecule has 3 heteroatoms. The van der Waals surface area contributed by atoms with E-state index in [0.29, 0.717) is 5.69 Å². The molecule has 94 valence electrons. The predicted molar refractivity (Wildman–Crippen MR) is 77.4 cm³/mol. The molecule has 18 heavy (non-hydrogen) atoms. The fraction of sp³-hybridized carbons (Fsp3) is 0.267. The first-order valence-electron chi connectivity index (χ1n) is 6.02. The summed E-state index contributed by atoms with van der Waals surface area (Å²) < 4.78 is 0. The molecule has 0 saturated carbocycles. The molecular formula is C15H19N3. The van der Waals surface area contributed by atoms with Crippen LogP contribution in [-0.4, -0.2) is 12.0 Å². The molecule has 1 aromatic carbocycles. The van der Waals surface area contributed by atoms with Gasteiger partial charge in [0.05, 0.1) is 11.9 Å². The van der Waals surface area contributed by atoms with Crippen LogP contribution in [0.25, 0.3) is 0 Å². The van der Waals surface area contributed by atoms with Crippen LogP contribution in [0.4, 0.5) is 17.2 Å². The molecule has 0 aliphatic rings. The third-order valence-corrected chi connectivity index (χ3v) is 3.10. The van der Waals surface area contributed by atoms with Gasteiger partial charge >= 0.3 is 0 Å². The van der Waals surface area contributed by atoms with Crippen LogP contribution in [0.3, 0.4) is 0 Å². The minimum atomic E-state index is 0.699. The summed E-state index contributed by atoms with van der Waals surface area (Å²) in [6.07, 6.45) is 1.70. The van der Waals surface area contributed by atoms with Crippen LogP contribution in [0, 0.1) is 20.8 Å². The second kappa shape index (κ2) is 4.69. The molecule has 0 aliphatic carbocycles. The summed E-state index contributed by atoms with van der Waals surface area (Å²) in [6.45, 7) is 6.24. The first kappa shape index (κ1) is 12.4. The van der Waals surface area contributed by atoms with Crippen molar-refractivity contribution in [2.45, 2.75) is 20.8 Å². The lowest BCUT2D eigenvalue weighted by Crippen LogP contribution is -2.14. The molecule has 3 nitrogen and oxygen atoms in total. The number of benzene rings is 1. The highest BCUT2D eigenvalue weighted by Gasteiger charge is 2.10. The Morgan fingerprint density at radius 1 is 1.06 bits per heavy atom. The molecule has 0 unspecified atom stereocenters. The second-order valence-corrected chi connectivity index (χ2v) is 4.76. The lowest BCUT2D eigenvalue weighted by Gasteiger charge is -2.22. The average molecular weight is 241 g/mol. The summed E-state index contributed by atoms with van der Waals surface area (Å²) >= 11 is 0. The Hall–Kier alpha value is -2.03. The number of aromatic nitrogens is 1. The standard InChI is InChI=1S/C15H19N3/c1-10-5-6-14(11(2)7-10)18(4)15-12(3)8-13(16)9-17-15/h5-9H,16H2,1-4H3. The molecule has 0 radical (unpaired) electrons. The van der Waals surface area contributed by atoms with E-state index in [0.717, 1.165) is 11.4 Å². The quantitative estimate of drug-likeness (QED) is 0.876. The topological polar surface area (TPSA) is 42.2 Å². The van der Waals surface area contributed by atoms with E-state index < -0.39 is 0 Å². The molecule has 0 atom stereocenters. The highest BCUT2D eigenvalue weighted by atomic mass is 15.2. The van der Waals surface area contributed by atoms with Crippen molar-refractivity contribution >= 4 is 17.2 Å². The van der Waals surface area contributed by atoms with Crippen LogP contribution in [0.5, 0.6) is 0 Å². The third-order valence-electron chi connectivity index (χ3n) is 3.10. The number of hydrogen-bond acceptors (Lipinski definition) is 3. The van der Waals surface area contributed by atoms with Gasteiger partial charge < -0.3 is 10.6 Å². The van der Waals surface area contributed by atoms with Crippen molar-refractivity contribution in [2.75, 3.05) is 17.7 Å². The van der Waals surface area contributed by atoms with E-state index in [1.54, 1.807) is 6.20 Å². The Bertz CT molecular complexity index is 524. The van der Waals surface area contributed by atoms with E-state index in [1.807, 2.05) is 20.0 Å². The average Bonchev–Trinajstić information content (AvgIpc) is 2.28. The molecule has 0 spiro atoms. The van der Waals surface area contributed by atoms with Crippen molar-refractivity contribution in [3.05, 3.63) is 47.2 Å². The Kier molecular flexibility index (Phi) is 3.24. The van der Waals surface area contributed by atoms with Crippen LogP contribution in [0.15, 0.2) is 30.5 Å². The Morgan fingerprint density at radius 3 is 2.39 bits per heavy atom. The number of hydrogen-bond donors (Lipinski definition) is 1. The van der Waals surface area contributed by atoms with Crippen LogP contribution < -0.4 is 10.6 Å². The third kappa shape index (κ3) is 2.30. The number of nitrogens with two attached hydrogens (primary N) is 1. The van der Waals surface area contributed by atoms with E-state index >= 15 is 0 Å². The fourth-order valence-corrected chi connectivity index (χ4v) is 2.24. The summed E-state index contributed by atoms with van der Waals surface area (Å²) in [6, 6.07) is 8.37. The molecule has 2 aromatic rings. The largest absolute Gasteiger partial charge is 0.397 e. The number of nitrogens with zero attached hydrogens (tertiary/aromatic N) is 2. The Morgan fingerprint density at radius 2 is 1.78 bits per heavy atom. The van der Waals surface area contributed by atoms with Crippen molar-refractivity contribution in [1.82, 2.24) is 4.98 Å². The van der Waals surface area contributed by atoms with E-state index in [4.69, 9.17) is 5.73 Å². The number of nitrogen functional groups attached to an aromatic ring is 1. The summed E-state index contributed by atoms with van der Waals surface area (Å²) in [5.74, 6) is 0.941. The highest BCUT2D eigenvalue weighted by molar-refractivity contribution is 5.66. The van der Waals surface area contributed by atoms with Crippen LogP contribution in [-0.2, 0) is 0 Å². The molecule has 1 heterocycles. The van der Waals surface area contributed by atoms with Crippen molar-refractivity contribution in [1.29, 1.82) is 0 Å². The maximum Gasteiger partial charge on any atom is 0.135 e. The predicted octanol–water partition coefficient (Wildman–Crippen LogP) is 3.36. The normalized spacial score (nSPS) is 10.4. The molecular weight excluding hydrogens is 222 g/mol. The zero-order valence-electron chi connectivity index (χ0n) is 11.4. The van der Waals surface area contributed by atoms with Gasteiger partial charge in [-0.1, -0.05) is 17.7 Å². The zero-order chi connectivity index (χ0) is 13.3. The lowest BCUT2D eigenvalue weighted by molar-refractivity contribution is 1.09. The van der Waals surface area contributed by atoms with E-state index in [1.165, 1.54) is 16.8 Å². The maximum absolute atomic E-state index is 5.74. The van der Waals surface area contributed by atoms with Crippen LogP contribution in [0.2, 0.25) is 0 Å². The van der Waals surface area contributed by atoms with Gasteiger partial charge in [0, 0.05) is 12.7 Å². The van der Waals surface area contributed by atoms with Gasteiger partial charge in [0.15, 0.2) is 0 Å². The first-order valence-corrected chi connectivity index (χ1v) is 6.02. The van der Waals surface area contributed by atoms with Crippen molar-refractivity contribution in [3.8, 4) is 0 Å². The molecule has 1 aromatic heterocycles. The SMILES string of the molecule is Cc1ccc(N(C)c2ncc(N)cc2C)c(C)c1. The van der Waals surface area contributed by atoms with E-state index in [9.17, 15) is 0 Å². The highest BCUT2D eigenvalue weighted by Crippen LogP contribution is 2.28. The van der Waals surface area contributed by atoms with Gasteiger partial charge in [-0.3, -0.25) is 0 Å². The lowest BCUT2D eigenvalue weighted by atomic mass is 10.1. The van der Waals surface area contributed by atoms with E-state index in [2.05, 4.69) is 41.9 Å². The van der Waals surface area contributed by atoms with Gasteiger partial charge in [-0.2, -0.15) is 0 Å². The molecule has 0 amide bonds. The Labute approximate surface area is 108 Å². The van der Waals surface area contributed by atoms with Gasteiger partial charge in [-0.05, 0) is 44.0 Å². The molecule has 0 bridgehead atoms. The van der Waals surface area contributed by atoms with Gasteiger partial charge in [0.2, 0.25) is 0 Å². The van der Waals surface area contributed by atoms with Crippen molar-refractivity contribution < 1.29 is 0 Å². The number of pyridine rings is 1. The zero-order valence-corrected chi connectivity index (χ0v) is 11.4. The van der Waals surface area contributed by atoms with Crippen molar-refractivity contribution in [3.63, 3.8) is 0 Å². The van der Waals surface area contributed by atoms with Gasteiger partial charge in [-0.15, -0.1) is 0 Å². The van der Waals surface area contributed by atoms with Crippen molar-refractivity contribution in [2.24, 2.45) is 0 Å². The summed E-state index contributed by atoms with van der Waals surface area (Å²) in [7, 11) is 2.03. The molecule has 0 aliphatic heterocycles. The number of rotatable bonds is 2. The first-order chi connectivity index (χ1) is 8.49. The second-order valence-electron chi connectivity index (χ2n) is 4.76. The minimum absolute atomic E-state index is 0.699. The monoisotopic (exact) mass is 241 g/mol. The summed E-state index contributed by atoms with van der Waals surface area (Å²) in [5, 5.41) is 0. The number of anilines is 3. The van der Waals surface area contributed by atoms with Crippen LogP contribution >= 0.6 is 0 Å². The van der Waals surface area contributed by atoms with Gasteiger partial charge in [-0.25, -0.2) is 4.98 Å². The van der Waals surface area contributed by atoms with E-state index in [-0.39, 0.29) is 0 Å². The number of aryl methyl sites for hydroxylation is 3. The van der Waals surface area contributed by atoms with Crippen LogP contribution in [0.1, 0.15) is 16.7 Å². The molecule has 0 fully saturated rings. The fourth-order valence-electron chi connectivity index (χ4n) is 2.24. The molecule has 2 rings (SSSR count). The molecule has 2 N–H and O–H groups in total. The summed E-state index contributed by atoms with van der Waals surface area (Å²) in [4.78, 5) is 6.52. The van der Waals surface area contributed by atoms with Gasteiger partial charge in [0.25, 0.3) is 0 Å². The smallest absolute Gasteiger partial charge is 0.135 e. The summed E-state index contributed by atoms with van der Waals surface area (Å²) in [5.41, 5.74) is 11.2. The van der Waals surface area contributed by atoms with Gasteiger partial charge in [0.1, 0.15) is 5.82 Å². The Balaban J connectivity index is 2.44. The minimum Gasteiger partial charge on any atom is -0.397 e. The molecule has 0 saturated heterocycles.